The summed E-state index contributed by atoms with van der Waals surface area (Å²) in [5.41, 5.74) is 1.37. The highest BCUT2D eigenvalue weighted by atomic mass is 32.2. The number of rotatable bonds is 11. The van der Waals surface area contributed by atoms with E-state index in [1.54, 1.807) is 43.4 Å². The molecule has 8 heteroatoms. The Morgan fingerprint density at radius 2 is 1.62 bits per heavy atom. The molecule has 1 unspecified atom stereocenters. The molecule has 0 aliphatic carbocycles. The maximum Gasteiger partial charge on any atom is 0.238 e. The predicted molar refractivity (Wildman–Crippen MR) is 138 cm³/mol. The number of carbonyl (C=O) groups excluding carboxylic acids is 2. The lowest BCUT2D eigenvalue weighted by atomic mass is 10.1. The van der Waals surface area contributed by atoms with Crippen molar-refractivity contribution in [2.75, 3.05) is 26.1 Å². The number of aliphatic imine (C=N–C) groups is 1. The SMILES string of the molecule is CCCCCCCN1C(=O)CC(C(=O)Nc2ccc(OC)cc2)SC1=Nc1ccc(OC)cc1. The first kappa shape index (κ1) is 25.6. The molecular weight excluding hydrogens is 450 g/mol. The van der Waals surface area contributed by atoms with Crippen molar-refractivity contribution < 1.29 is 19.1 Å². The molecule has 2 amide bonds. The number of nitrogens with zero attached hydrogens (tertiary/aromatic N) is 2. The maximum absolute atomic E-state index is 13.1. The molecular formula is C26H33N3O4S. The van der Waals surface area contributed by atoms with Gasteiger partial charge in [-0.15, -0.1) is 0 Å². The van der Waals surface area contributed by atoms with E-state index < -0.39 is 5.25 Å². The Bertz CT molecular complexity index is 977. The summed E-state index contributed by atoms with van der Waals surface area (Å²) in [4.78, 5) is 32.5. The molecule has 0 radical (unpaired) electrons. The van der Waals surface area contributed by atoms with Crippen LogP contribution >= 0.6 is 11.8 Å². The van der Waals surface area contributed by atoms with Crippen LogP contribution in [0.2, 0.25) is 0 Å². The van der Waals surface area contributed by atoms with Crippen molar-refractivity contribution in [3.8, 4) is 11.5 Å². The molecule has 1 N–H and O–H groups in total. The zero-order valence-electron chi connectivity index (χ0n) is 20.1. The molecule has 0 spiro atoms. The average Bonchev–Trinajstić information content (AvgIpc) is 2.86. The van der Waals surface area contributed by atoms with Crippen molar-refractivity contribution in [2.24, 2.45) is 4.99 Å². The molecule has 182 valence electrons. The molecule has 1 fully saturated rings. The Morgan fingerprint density at radius 3 is 2.24 bits per heavy atom. The third-order valence-corrected chi connectivity index (χ3v) is 6.76. The number of thioether (sulfide) groups is 1. The summed E-state index contributed by atoms with van der Waals surface area (Å²) in [6, 6.07) is 14.5. The van der Waals surface area contributed by atoms with Crippen LogP contribution in [0.25, 0.3) is 0 Å². The fraction of sp³-hybridized carbons (Fsp3) is 0.423. The van der Waals surface area contributed by atoms with Gasteiger partial charge in [-0.1, -0.05) is 44.4 Å². The fourth-order valence-corrected chi connectivity index (χ4v) is 4.72. The first-order valence-corrected chi connectivity index (χ1v) is 12.6. The molecule has 1 saturated heterocycles. The number of carbonyl (C=O) groups is 2. The monoisotopic (exact) mass is 483 g/mol. The van der Waals surface area contributed by atoms with Crippen LogP contribution in [-0.4, -0.2) is 47.9 Å². The van der Waals surface area contributed by atoms with Crippen molar-refractivity contribution in [1.29, 1.82) is 0 Å². The lowest BCUT2D eigenvalue weighted by Crippen LogP contribution is -2.45. The van der Waals surface area contributed by atoms with Gasteiger partial charge >= 0.3 is 0 Å². The number of methoxy groups -OCH3 is 2. The van der Waals surface area contributed by atoms with Crippen molar-refractivity contribution >= 4 is 40.1 Å². The second-order valence-electron chi connectivity index (χ2n) is 8.08. The predicted octanol–water partition coefficient (Wildman–Crippen LogP) is 5.63. The van der Waals surface area contributed by atoms with E-state index in [4.69, 9.17) is 14.5 Å². The lowest BCUT2D eigenvalue weighted by molar-refractivity contribution is -0.129. The highest BCUT2D eigenvalue weighted by Gasteiger charge is 2.35. The molecule has 1 heterocycles. The van der Waals surface area contributed by atoms with Gasteiger partial charge in [-0.3, -0.25) is 14.5 Å². The number of benzene rings is 2. The van der Waals surface area contributed by atoms with Crippen LogP contribution in [0.15, 0.2) is 53.5 Å². The lowest BCUT2D eigenvalue weighted by Gasteiger charge is -2.32. The van der Waals surface area contributed by atoms with E-state index in [1.165, 1.54) is 24.6 Å². The van der Waals surface area contributed by atoms with Crippen LogP contribution in [-0.2, 0) is 9.59 Å². The standard InChI is InChI=1S/C26H33N3O4S/c1-4-5-6-7-8-17-29-24(30)18-23(25(31)27-19-9-13-21(32-2)14-10-19)34-26(29)28-20-11-15-22(33-3)16-12-20/h9-16,23H,4-8,17-18H2,1-3H3,(H,27,31). The van der Waals surface area contributed by atoms with Gasteiger partial charge < -0.3 is 14.8 Å². The van der Waals surface area contributed by atoms with Crippen LogP contribution < -0.4 is 14.8 Å². The highest BCUT2D eigenvalue weighted by Crippen LogP contribution is 2.31. The minimum absolute atomic E-state index is 0.0728. The molecule has 0 saturated carbocycles. The van der Waals surface area contributed by atoms with E-state index in [0.717, 1.165) is 25.0 Å². The molecule has 3 rings (SSSR count). The Labute approximate surface area is 205 Å². The third-order valence-electron chi connectivity index (χ3n) is 5.57. The Hall–Kier alpha value is -3.00. The number of hydrogen-bond acceptors (Lipinski definition) is 6. The van der Waals surface area contributed by atoms with Gasteiger partial charge in [-0.05, 0) is 55.0 Å². The smallest absolute Gasteiger partial charge is 0.238 e. The Balaban J connectivity index is 1.74. The number of ether oxygens (including phenoxy) is 2. The second kappa shape index (κ2) is 13.0. The van der Waals surface area contributed by atoms with E-state index in [1.807, 2.05) is 24.3 Å². The first-order valence-electron chi connectivity index (χ1n) is 11.7. The van der Waals surface area contributed by atoms with Gasteiger partial charge in [-0.25, -0.2) is 4.99 Å². The first-order chi connectivity index (χ1) is 16.5. The normalized spacial score (nSPS) is 17.0. The molecule has 0 aromatic heterocycles. The minimum atomic E-state index is -0.553. The van der Waals surface area contributed by atoms with E-state index in [2.05, 4.69) is 12.2 Å². The van der Waals surface area contributed by atoms with Crippen molar-refractivity contribution in [2.45, 2.75) is 50.7 Å². The summed E-state index contributed by atoms with van der Waals surface area (Å²) in [6.45, 7) is 2.79. The summed E-state index contributed by atoms with van der Waals surface area (Å²) in [5.74, 6) is 1.16. The number of anilines is 1. The van der Waals surface area contributed by atoms with Crippen molar-refractivity contribution in [3.63, 3.8) is 0 Å². The Kier molecular flexibility index (Phi) is 9.82. The maximum atomic E-state index is 13.1. The van der Waals surface area contributed by atoms with Crippen molar-refractivity contribution in [1.82, 2.24) is 4.90 Å². The van der Waals surface area contributed by atoms with Gasteiger partial charge in [0.2, 0.25) is 11.8 Å². The zero-order valence-corrected chi connectivity index (χ0v) is 20.9. The number of amidine groups is 1. The van der Waals surface area contributed by atoms with Crippen LogP contribution in [0.1, 0.15) is 45.4 Å². The summed E-state index contributed by atoms with van der Waals surface area (Å²) in [5, 5.41) is 2.92. The van der Waals surface area contributed by atoms with E-state index in [-0.39, 0.29) is 18.2 Å². The summed E-state index contributed by atoms with van der Waals surface area (Å²) >= 11 is 1.34. The molecule has 7 nitrogen and oxygen atoms in total. The van der Waals surface area contributed by atoms with Gasteiger partial charge in [0.15, 0.2) is 5.17 Å². The molecule has 1 aliphatic rings. The van der Waals surface area contributed by atoms with Crippen LogP contribution in [0.5, 0.6) is 11.5 Å². The van der Waals surface area contributed by atoms with E-state index in [9.17, 15) is 9.59 Å². The number of nitrogens with one attached hydrogen (secondary N) is 1. The quantitative estimate of drug-likeness (QED) is 0.419. The van der Waals surface area contributed by atoms with E-state index in [0.29, 0.717) is 28.8 Å². The van der Waals surface area contributed by atoms with Gasteiger partial charge in [0.1, 0.15) is 16.7 Å². The average molecular weight is 484 g/mol. The van der Waals surface area contributed by atoms with Gasteiger partial charge in [-0.2, -0.15) is 0 Å². The number of unbranched alkanes of at least 4 members (excludes halogenated alkanes) is 4. The molecule has 1 aliphatic heterocycles. The van der Waals surface area contributed by atoms with Crippen molar-refractivity contribution in [3.05, 3.63) is 48.5 Å². The molecule has 1 atom stereocenters. The van der Waals surface area contributed by atoms with Crippen LogP contribution in [0.3, 0.4) is 0 Å². The summed E-state index contributed by atoms with van der Waals surface area (Å²) in [7, 11) is 3.21. The zero-order chi connectivity index (χ0) is 24.3. The second-order valence-corrected chi connectivity index (χ2v) is 9.25. The minimum Gasteiger partial charge on any atom is -0.497 e. The van der Waals surface area contributed by atoms with E-state index >= 15 is 0 Å². The summed E-state index contributed by atoms with van der Waals surface area (Å²) in [6.07, 6.45) is 5.65. The molecule has 2 aromatic carbocycles. The van der Waals surface area contributed by atoms with Gasteiger partial charge in [0.25, 0.3) is 0 Å². The largest absolute Gasteiger partial charge is 0.497 e. The topological polar surface area (TPSA) is 80.2 Å². The molecule has 2 aromatic rings. The Morgan fingerprint density at radius 1 is 1.00 bits per heavy atom. The number of amides is 2. The van der Waals surface area contributed by atoms with Crippen LogP contribution in [0, 0.1) is 0 Å². The van der Waals surface area contributed by atoms with Gasteiger partial charge in [0.05, 0.1) is 19.9 Å². The number of hydrogen-bond donors (Lipinski definition) is 1. The summed E-state index contributed by atoms with van der Waals surface area (Å²) < 4.78 is 10.4. The highest BCUT2D eigenvalue weighted by molar-refractivity contribution is 8.15. The third kappa shape index (κ3) is 7.25. The van der Waals surface area contributed by atoms with Gasteiger partial charge in [0, 0.05) is 18.7 Å². The molecule has 34 heavy (non-hydrogen) atoms. The fourth-order valence-electron chi connectivity index (χ4n) is 3.60. The molecule has 0 bridgehead atoms. The van der Waals surface area contributed by atoms with Crippen LogP contribution in [0.4, 0.5) is 11.4 Å².